The average Bonchev–Trinajstić information content (AvgIpc) is 3.46. The Bertz CT molecular complexity index is 755. The van der Waals surface area contributed by atoms with Gasteiger partial charge in [-0.1, -0.05) is 42.5 Å². The normalized spacial score (nSPS) is 14.7. The minimum Gasteiger partial charge on any atom is -0.355 e. The van der Waals surface area contributed by atoms with Gasteiger partial charge in [0.15, 0.2) is 0 Å². The van der Waals surface area contributed by atoms with Crippen molar-refractivity contribution in [2.24, 2.45) is 0 Å². The fourth-order valence-corrected chi connectivity index (χ4v) is 3.03. The summed E-state index contributed by atoms with van der Waals surface area (Å²) < 4.78 is 0. The Hall–Kier alpha value is -2.66. The number of carbonyl (C=O) groups is 2. The molecule has 0 heterocycles. The summed E-state index contributed by atoms with van der Waals surface area (Å²) in [6.45, 7) is 0.617. The summed E-state index contributed by atoms with van der Waals surface area (Å²) in [6.07, 6.45) is 2.13. The molecule has 2 aromatic rings. The van der Waals surface area contributed by atoms with Gasteiger partial charge < -0.3 is 10.6 Å². The van der Waals surface area contributed by atoms with E-state index < -0.39 is 0 Å². The number of nitrogens with zero attached hydrogens (tertiary/aromatic N) is 1. The topological polar surface area (TPSA) is 61.4 Å². The summed E-state index contributed by atoms with van der Waals surface area (Å²) in [4.78, 5) is 26.5. The van der Waals surface area contributed by atoms with Crippen molar-refractivity contribution >= 4 is 11.8 Å². The molecule has 0 radical (unpaired) electrons. The molecule has 1 fully saturated rings. The lowest BCUT2D eigenvalue weighted by Gasteiger charge is -2.27. The number of likely N-dealkylation sites (N-methyl/N-ethyl adjacent to an activating group) is 1. The second-order valence-electron chi connectivity index (χ2n) is 6.79. The van der Waals surface area contributed by atoms with Crippen molar-refractivity contribution in [3.8, 4) is 0 Å². The lowest BCUT2D eigenvalue weighted by Crippen LogP contribution is -2.39. The van der Waals surface area contributed by atoms with Gasteiger partial charge in [0.25, 0.3) is 5.91 Å². The lowest BCUT2D eigenvalue weighted by molar-refractivity contribution is -0.126. The summed E-state index contributed by atoms with van der Waals surface area (Å²) in [5.41, 5.74) is 2.67. The van der Waals surface area contributed by atoms with Crippen LogP contribution in [0.4, 0.5) is 0 Å². The molecule has 136 valence electrons. The van der Waals surface area contributed by atoms with Crippen LogP contribution in [0.3, 0.4) is 0 Å². The predicted octanol–water partition coefficient (Wildman–Crippen LogP) is 2.50. The molecule has 5 nitrogen and oxygen atoms in total. The highest BCUT2D eigenvalue weighted by atomic mass is 16.2. The molecule has 5 heteroatoms. The van der Waals surface area contributed by atoms with Crippen LogP contribution >= 0.6 is 0 Å². The Labute approximate surface area is 154 Å². The van der Waals surface area contributed by atoms with Crippen LogP contribution in [0.2, 0.25) is 0 Å². The first-order chi connectivity index (χ1) is 12.6. The van der Waals surface area contributed by atoms with Crippen molar-refractivity contribution in [1.29, 1.82) is 0 Å². The third kappa shape index (κ3) is 4.49. The van der Waals surface area contributed by atoms with Gasteiger partial charge in [0.1, 0.15) is 6.04 Å². The zero-order valence-corrected chi connectivity index (χ0v) is 15.2. The quantitative estimate of drug-likeness (QED) is 0.806. The van der Waals surface area contributed by atoms with E-state index in [1.54, 1.807) is 7.05 Å². The minimum absolute atomic E-state index is 0.0446. The fraction of sp³-hybridized carbons (Fsp3) is 0.333. The molecule has 1 aliphatic carbocycles. The van der Waals surface area contributed by atoms with Crippen molar-refractivity contribution in [2.75, 3.05) is 14.1 Å². The van der Waals surface area contributed by atoms with E-state index in [9.17, 15) is 9.59 Å². The molecule has 0 spiro atoms. The average molecular weight is 351 g/mol. The number of hydrogen-bond donors (Lipinski definition) is 2. The Morgan fingerprint density at radius 1 is 1.08 bits per heavy atom. The summed E-state index contributed by atoms with van der Waals surface area (Å²) in [5, 5.41) is 5.74. The number of amides is 2. The first-order valence-electron chi connectivity index (χ1n) is 8.95. The van der Waals surface area contributed by atoms with Gasteiger partial charge in [-0.3, -0.25) is 14.5 Å². The first kappa shape index (κ1) is 18.1. The van der Waals surface area contributed by atoms with Crippen LogP contribution in [0.5, 0.6) is 0 Å². The van der Waals surface area contributed by atoms with Gasteiger partial charge >= 0.3 is 0 Å². The van der Waals surface area contributed by atoms with Crippen molar-refractivity contribution in [1.82, 2.24) is 15.5 Å². The fourth-order valence-electron chi connectivity index (χ4n) is 3.03. The van der Waals surface area contributed by atoms with Crippen LogP contribution in [0.15, 0.2) is 54.6 Å². The molecule has 0 aromatic heterocycles. The molecule has 3 rings (SSSR count). The second kappa shape index (κ2) is 8.15. The van der Waals surface area contributed by atoms with Crippen LogP contribution in [-0.2, 0) is 11.3 Å². The van der Waals surface area contributed by atoms with Crippen LogP contribution in [0.25, 0.3) is 0 Å². The number of benzene rings is 2. The van der Waals surface area contributed by atoms with E-state index in [0.717, 1.165) is 24.0 Å². The monoisotopic (exact) mass is 351 g/mol. The molecule has 0 saturated heterocycles. The number of hydrogen-bond acceptors (Lipinski definition) is 3. The zero-order chi connectivity index (χ0) is 18.5. The molecule has 1 aliphatic rings. The molecular formula is C21H25N3O2. The van der Waals surface area contributed by atoms with Gasteiger partial charge in [-0.15, -0.1) is 0 Å². The molecular weight excluding hydrogens is 326 g/mol. The molecule has 1 atom stereocenters. The van der Waals surface area contributed by atoms with E-state index >= 15 is 0 Å². The number of carbonyl (C=O) groups excluding carboxylic acids is 2. The van der Waals surface area contributed by atoms with Crippen molar-refractivity contribution < 1.29 is 9.59 Å². The largest absolute Gasteiger partial charge is 0.355 e. The molecule has 26 heavy (non-hydrogen) atoms. The van der Waals surface area contributed by atoms with Gasteiger partial charge in [-0.05, 0) is 43.1 Å². The third-order valence-corrected chi connectivity index (χ3v) is 4.60. The third-order valence-electron chi connectivity index (χ3n) is 4.60. The maximum Gasteiger partial charge on any atom is 0.251 e. The van der Waals surface area contributed by atoms with Gasteiger partial charge in [-0.2, -0.15) is 0 Å². The van der Waals surface area contributed by atoms with E-state index in [4.69, 9.17) is 0 Å². The van der Waals surface area contributed by atoms with E-state index in [1.807, 2.05) is 66.5 Å². The highest BCUT2D eigenvalue weighted by Gasteiger charge is 2.30. The smallest absolute Gasteiger partial charge is 0.251 e. The zero-order valence-electron chi connectivity index (χ0n) is 15.2. The van der Waals surface area contributed by atoms with E-state index in [1.165, 1.54) is 0 Å². The standard InChI is InChI=1S/C21H25N3O2/c1-22-20(25)17-10-8-15(9-11-17)14-24(2)19(16-6-4-3-5-7-16)21(26)23-18-12-13-18/h3-11,18-19H,12-14H2,1-2H3,(H,22,25)(H,23,26)/t19-/m0/s1. The highest BCUT2D eigenvalue weighted by Crippen LogP contribution is 2.25. The summed E-state index contributed by atoms with van der Waals surface area (Å²) in [6, 6.07) is 17.3. The predicted molar refractivity (Wildman–Crippen MR) is 102 cm³/mol. The van der Waals surface area contributed by atoms with Gasteiger partial charge in [-0.25, -0.2) is 0 Å². The summed E-state index contributed by atoms with van der Waals surface area (Å²) >= 11 is 0. The van der Waals surface area contributed by atoms with Crippen LogP contribution < -0.4 is 10.6 Å². The van der Waals surface area contributed by atoms with Crippen LogP contribution in [0, 0.1) is 0 Å². The molecule has 2 aromatic carbocycles. The minimum atomic E-state index is -0.338. The highest BCUT2D eigenvalue weighted by molar-refractivity contribution is 5.93. The Morgan fingerprint density at radius 3 is 2.31 bits per heavy atom. The van der Waals surface area contributed by atoms with Crippen molar-refractivity contribution in [2.45, 2.75) is 31.5 Å². The first-order valence-corrected chi connectivity index (χ1v) is 8.95. The molecule has 2 amide bonds. The second-order valence-corrected chi connectivity index (χ2v) is 6.79. The number of nitrogens with one attached hydrogen (secondary N) is 2. The number of rotatable bonds is 7. The van der Waals surface area contributed by atoms with Crippen molar-refractivity contribution in [3.63, 3.8) is 0 Å². The Balaban J connectivity index is 1.75. The maximum absolute atomic E-state index is 12.8. The van der Waals surface area contributed by atoms with E-state index in [2.05, 4.69) is 10.6 Å². The van der Waals surface area contributed by atoms with Crippen LogP contribution in [-0.4, -0.2) is 36.9 Å². The molecule has 1 saturated carbocycles. The summed E-state index contributed by atoms with van der Waals surface area (Å²) in [7, 11) is 3.57. The molecule has 2 N–H and O–H groups in total. The van der Waals surface area contributed by atoms with E-state index in [0.29, 0.717) is 18.2 Å². The molecule has 0 unspecified atom stereocenters. The SMILES string of the molecule is CNC(=O)c1ccc(CN(C)[C@H](C(=O)NC2CC2)c2ccccc2)cc1. The lowest BCUT2D eigenvalue weighted by atomic mass is 10.0. The van der Waals surface area contributed by atoms with Crippen molar-refractivity contribution in [3.05, 3.63) is 71.3 Å². The molecule has 0 aliphatic heterocycles. The summed E-state index contributed by atoms with van der Waals surface area (Å²) in [5.74, 6) is -0.0564. The van der Waals surface area contributed by atoms with E-state index in [-0.39, 0.29) is 17.9 Å². The Kier molecular flexibility index (Phi) is 5.68. The van der Waals surface area contributed by atoms with Gasteiger partial charge in [0, 0.05) is 25.2 Å². The van der Waals surface area contributed by atoms with Gasteiger partial charge in [0.05, 0.1) is 0 Å². The Morgan fingerprint density at radius 2 is 1.73 bits per heavy atom. The maximum atomic E-state index is 12.8. The molecule has 0 bridgehead atoms. The van der Waals surface area contributed by atoms with Gasteiger partial charge in [0.2, 0.25) is 5.91 Å². The van der Waals surface area contributed by atoms with Crippen LogP contribution in [0.1, 0.15) is 40.4 Å².